The van der Waals surface area contributed by atoms with Crippen LogP contribution in [0.5, 0.6) is 5.75 Å². The Bertz CT molecular complexity index is 1120. The van der Waals surface area contributed by atoms with Crippen LogP contribution in [0.15, 0.2) is 64.3 Å². The van der Waals surface area contributed by atoms with Crippen molar-refractivity contribution in [3.05, 3.63) is 71.1 Å². The van der Waals surface area contributed by atoms with Crippen LogP contribution in [0.2, 0.25) is 5.02 Å². The average molecular weight is 435 g/mol. The summed E-state index contributed by atoms with van der Waals surface area (Å²) < 4.78 is 41.6. The van der Waals surface area contributed by atoms with Crippen molar-refractivity contribution in [3.8, 4) is 16.9 Å². The van der Waals surface area contributed by atoms with Crippen molar-refractivity contribution in [2.24, 2.45) is 0 Å². The second-order valence-corrected chi connectivity index (χ2v) is 8.56. The van der Waals surface area contributed by atoms with Gasteiger partial charge in [-0.25, -0.2) is 13.2 Å². The van der Waals surface area contributed by atoms with Gasteiger partial charge in [-0.2, -0.15) is 0 Å². The maximum atomic E-state index is 12.9. The molecule has 1 heterocycles. The number of halogens is 1. The zero-order valence-electron chi connectivity index (χ0n) is 15.8. The van der Waals surface area contributed by atoms with E-state index in [2.05, 4.69) is 0 Å². The Balaban J connectivity index is 2.14. The summed E-state index contributed by atoms with van der Waals surface area (Å²) in [5, 5.41) is 0.310. The van der Waals surface area contributed by atoms with Crippen LogP contribution < -0.4 is 4.74 Å². The molecule has 0 saturated heterocycles. The van der Waals surface area contributed by atoms with Gasteiger partial charge in [0.25, 0.3) is 0 Å². The molecule has 0 atom stereocenters. The molecular weight excluding hydrogens is 416 g/mol. The lowest BCUT2D eigenvalue weighted by Crippen LogP contribution is -2.14. The molecule has 0 saturated carbocycles. The molecule has 0 aliphatic rings. The van der Waals surface area contributed by atoms with Crippen LogP contribution in [-0.4, -0.2) is 28.1 Å². The molecule has 3 aromatic rings. The number of sulfone groups is 1. The molecule has 6 nitrogen and oxygen atoms in total. The molecule has 0 amide bonds. The fraction of sp³-hybridized carbons (Fsp3) is 0.190. The Morgan fingerprint density at radius 2 is 1.97 bits per heavy atom. The Kier molecular flexibility index (Phi) is 6.30. The molecule has 8 heteroatoms. The topological polar surface area (TPSA) is 82.8 Å². The molecule has 0 N–H and O–H groups in total. The maximum absolute atomic E-state index is 12.9. The lowest BCUT2D eigenvalue weighted by atomic mass is 9.99. The van der Waals surface area contributed by atoms with E-state index in [1.54, 1.807) is 37.3 Å². The lowest BCUT2D eigenvalue weighted by Gasteiger charge is -2.16. The SMILES string of the molecule is CCOC(=O)c1c(CS(=O)(=O)c2cccc(Cl)c2)ccc(-c2ccoc2)c1OC. The van der Waals surface area contributed by atoms with E-state index in [1.165, 1.54) is 31.8 Å². The second-order valence-electron chi connectivity index (χ2n) is 6.13. The number of furan rings is 1. The van der Waals surface area contributed by atoms with Crippen molar-refractivity contribution >= 4 is 27.4 Å². The number of benzene rings is 2. The first-order chi connectivity index (χ1) is 13.9. The average Bonchev–Trinajstić information content (AvgIpc) is 3.22. The Labute approximate surface area is 173 Å². The number of hydrogen-bond acceptors (Lipinski definition) is 6. The smallest absolute Gasteiger partial charge is 0.342 e. The van der Waals surface area contributed by atoms with Gasteiger partial charge < -0.3 is 13.9 Å². The molecule has 152 valence electrons. The summed E-state index contributed by atoms with van der Waals surface area (Å²) in [6.45, 7) is 1.81. The second kappa shape index (κ2) is 8.71. The van der Waals surface area contributed by atoms with Gasteiger partial charge in [-0.3, -0.25) is 0 Å². The third-order valence-corrected chi connectivity index (χ3v) is 6.16. The third kappa shape index (κ3) is 4.46. The summed E-state index contributed by atoms with van der Waals surface area (Å²) in [7, 11) is -2.35. The predicted octanol–water partition coefficient (Wildman–Crippen LogP) is 4.76. The number of rotatable bonds is 7. The van der Waals surface area contributed by atoms with Crippen LogP contribution in [-0.2, 0) is 20.3 Å². The predicted molar refractivity (Wildman–Crippen MR) is 109 cm³/mol. The Morgan fingerprint density at radius 1 is 1.17 bits per heavy atom. The molecule has 2 aromatic carbocycles. The summed E-state index contributed by atoms with van der Waals surface area (Å²) in [6, 6.07) is 11.0. The number of carbonyl (C=O) groups excluding carboxylic acids is 1. The highest BCUT2D eigenvalue weighted by atomic mass is 35.5. The van der Waals surface area contributed by atoms with Gasteiger partial charge in [0.2, 0.25) is 0 Å². The van der Waals surface area contributed by atoms with Gasteiger partial charge in [0.1, 0.15) is 11.3 Å². The van der Waals surface area contributed by atoms with E-state index in [4.69, 9.17) is 25.5 Å². The molecule has 1 aromatic heterocycles. The van der Waals surface area contributed by atoms with Crippen LogP contribution in [0.1, 0.15) is 22.8 Å². The maximum Gasteiger partial charge on any atom is 0.342 e. The molecule has 29 heavy (non-hydrogen) atoms. The minimum atomic E-state index is -3.76. The first-order valence-corrected chi connectivity index (χ1v) is 10.8. The van der Waals surface area contributed by atoms with E-state index >= 15 is 0 Å². The summed E-state index contributed by atoms with van der Waals surface area (Å²) in [5.74, 6) is -0.849. The van der Waals surface area contributed by atoms with E-state index in [0.29, 0.717) is 16.1 Å². The molecule has 0 aliphatic carbocycles. The summed E-state index contributed by atoms with van der Waals surface area (Å²) in [6.07, 6.45) is 3.01. The first-order valence-electron chi connectivity index (χ1n) is 8.75. The minimum Gasteiger partial charge on any atom is -0.495 e. The Morgan fingerprint density at radius 3 is 2.59 bits per heavy atom. The molecule has 0 bridgehead atoms. The number of ether oxygens (including phenoxy) is 2. The van der Waals surface area contributed by atoms with Gasteiger partial charge in [0.15, 0.2) is 9.84 Å². The van der Waals surface area contributed by atoms with Crippen molar-refractivity contribution < 1.29 is 27.1 Å². The van der Waals surface area contributed by atoms with E-state index in [1.807, 2.05) is 0 Å². The van der Waals surface area contributed by atoms with Gasteiger partial charge in [-0.15, -0.1) is 0 Å². The highest BCUT2D eigenvalue weighted by Gasteiger charge is 2.26. The van der Waals surface area contributed by atoms with Gasteiger partial charge >= 0.3 is 5.97 Å². The van der Waals surface area contributed by atoms with Crippen molar-refractivity contribution in [1.29, 1.82) is 0 Å². The van der Waals surface area contributed by atoms with Crippen molar-refractivity contribution in [3.63, 3.8) is 0 Å². The van der Waals surface area contributed by atoms with Gasteiger partial charge in [-0.05, 0) is 36.8 Å². The van der Waals surface area contributed by atoms with Crippen LogP contribution in [0.25, 0.3) is 11.1 Å². The highest BCUT2D eigenvalue weighted by Crippen LogP contribution is 2.37. The van der Waals surface area contributed by atoms with Gasteiger partial charge in [0.05, 0.1) is 36.9 Å². The summed E-state index contributed by atoms with van der Waals surface area (Å²) >= 11 is 5.93. The molecule has 0 radical (unpaired) electrons. The van der Waals surface area contributed by atoms with Gasteiger partial charge in [-0.1, -0.05) is 29.8 Å². The number of esters is 1. The third-order valence-electron chi connectivity index (χ3n) is 4.26. The molecule has 0 fully saturated rings. The highest BCUT2D eigenvalue weighted by molar-refractivity contribution is 7.90. The lowest BCUT2D eigenvalue weighted by molar-refractivity contribution is 0.0522. The molecular formula is C21H19ClO6S. The fourth-order valence-electron chi connectivity index (χ4n) is 2.98. The van der Waals surface area contributed by atoms with Crippen molar-refractivity contribution in [1.82, 2.24) is 0 Å². The monoisotopic (exact) mass is 434 g/mol. The van der Waals surface area contributed by atoms with Crippen LogP contribution >= 0.6 is 11.6 Å². The normalized spacial score (nSPS) is 11.3. The molecule has 0 spiro atoms. The van der Waals surface area contributed by atoms with E-state index < -0.39 is 21.6 Å². The van der Waals surface area contributed by atoms with E-state index in [9.17, 15) is 13.2 Å². The number of hydrogen-bond donors (Lipinski definition) is 0. The summed E-state index contributed by atoms with van der Waals surface area (Å²) in [5.41, 5.74) is 1.62. The largest absolute Gasteiger partial charge is 0.495 e. The van der Waals surface area contributed by atoms with Crippen LogP contribution in [0.3, 0.4) is 0 Å². The summed E-state index contributed by atoms with van der Waals surface area (Å²) in [4.78, 5) is 12.8. The minimum absolute atomic E-state index is 0.0673. The van der Waals surface area contributed by atoms with Crippen LogP contribution in [0, 0.1) is 0 Å². The van der Waals surface area contributed by atoms with Crippen molar-refractivity contribution in [2.45, 2.75) is 17.6 Å². The zero-order chi connectivity index (χ0) is 21.0. The molecule has 0 unspecified atom stereocenters. The van der Waals surface area contributed by atoms with Crippen LogP contribution in [0.4, 0.5) is 0 Å². The van der Waals surface area contributed by atoms with Crippen molar-refractivity contribution in [2.75, 3.05) is 13.7 Å². The fourth-order valence-corrected chi connectivity index (χ4v) is 4.64. The van der Waals surface area contributed by atoms with E-state index in [0.717, 1.165) is 0 Å². The molecule has 3 rings (SSSR count). The Hall–Kier alpha value is -2.77. The number of carbonyl (C=O) groups is 1. The standard InChI is InChI=1S/C21H19ClO6S/c1-3-28-21(23)19-15(13-29(24,25)17-6-4-5-16(22)11-17)7-8-18(20(19)26-2)14-9-10-27-12-14/h4-12H,3,13H2,1-2H3. The quantitative estimate of drug-likeness (QED) is 0.498. The van der Waals surface area contributed by atoms with Gasteiger partial charge in [0, 0.05) is 16.1 Å². The number of methoxy groups -OCH3 is 1. The first kappa shape index (κ1) is 21.0. The van der Waals surface area contributed by atoms with E-state index in [-0.39, 0.29) is 28.4 Å². The zero-order valence-corrected chi connectivity index (χ0v) is 17.4. The molecule has 0 aliphatic heterocycles.